The molecule has 0 aliphatic rings. The zero-order valence-electron chi connectivity index (χ0n) is 15.0. The van der Waals surface area contributed by atoms with Crippen molar-refractivity contribution in [2.45, 2.75) is 52.5 Å². The number of hydrogen-bond donors (Lipinski definition) is 2. The summed E-state index contributed by atoms with van der Waals surface area (Å²) in [7, 11) is 0. The van der Waals surface area contributed by atoms with Crippen LogP contribution < -0.4 is 15.4 Å². The minimum absolute atomic E-state index is 0.458. The number of nitrogens with one attached hydrogen (secondary N) is 2. The van der Waals surface area contributed by atoms with Crippen LogP contribution in [0.3, 0.4) is 0 Å². The summed E-state index contributed by atoms with van der Waals surface area (Å²) < 4.78 is 5.68. The highest BCUT2D eigenvalue weighted by molar-refractivity contribution is 7.13. The topological polar surface area (TPSA) is 46.2 Å². The standard InChI is InChI=1S/C19H29N3OS/c1-4-6-12-23-18-9-7-16(8-10-18)21-19-22-17(14-24-19)13-15(3)20-11-5-2/h7-10,14-15,20H,4-6,11-13H2,1-3H3,(H,21,22). The molecule has 132 valence electrons. The van der Waals surface area contributed by atoms with Gasteiger partial charge in [-0.2, -0.15) is 0 Å². The zero-order chi connectivity index (χ0) is 17.2. The maximum absolute atomic E-state index is 5.68. The van der Waals surface area contributed by atoms with Crippen LogP contribution in [0, 0.1) is 0 Å². The first-order valence-corrected chi connectivity index (χ1v) is 9.77. The number of ether oxygens (including phenoxy) is 1. The summed E-state index contributed by atoms with van der Waals surface area (Å²) in [4.78, 5) is 4.67. The van der Waals surface area contributed by atoms with E-state index in [0.717, 1.165) is 61.1 Å². The average Bonchev–Trinajstić information content (AvgIpc) is 3.01. The fourth-order valence-electron chi connectivity index (χ4n) is 2.33. The molecular formula is C19H29N3OS. The van der Waals surface area contributed by atoms with E-state index in [1.54, 1.807) is 11.3 Å². The van der Waals surface area contributed by atoms with Crippen LogP contribution in [0.1, 0.15) is 45.7 Å². The van der Waals surface area contributed by atoms with Crippen molar-refractivity contribution in [2.75, 3.05) is 18.5 Å². The van der Waals surface area contributed by atoms with Crippen LogP contribution in [0.5, 0.6) is 5.75 Å². The molecule has 0 spiro atoms. The molecule has 1 aromatic heterocycles. The third-order valence-electron chi connectivity index (χ3n) is 3.68. The lowest BCUT2D eigenvalue weighted by Crippen LogP contribution is -2.28. The van der Waals surface area contributed by atoms with Crippen molar-refractivity contribution in [3.05, 3.63) is 35.3 Å². The van der Waals surface area contributed by atoms with E-state index in [0.29, 0.717) is 6.04 Å². The molecule has 2 N–H and O–H groups in total. The van der Waals surface area contributed by atoms with Gasteiger partial charge in [-0.05, 0) is 50.6 Å². The van der Waals surface area contributed by atoms with E-state index in [1.165, 1.54) is 0 Å². The molecule has 0 aliphatic carbocycles. The van der Waals surface area contributed by atoms with Gasteiger partial charge in [-0.1, -0.05) is 20.3 Å². The van der Waals surface area contributed by atoms with Crippen LogP contribution in [-0.4, -0.2) is 24.2 Å². The van der Waals surface area contributed by atoms with Gasteiger partial charge in [-0.15, -0.1) is 11.3 Å². The minimum Gasteiger partial charge on any atom is -0.494 e. The highest BCUT2D eigenvalue weighted by Crippen LogP contribution is 2.23. The molecule has 1 heterocycles. The summed E-state index contributed by atoms with van der Waals surface area (Å²) >= 11 is 1.65. The molecule has 4 nitrogen and oxygen atoms in total. The molecule has 2 aromatic rings. The molecular weight excluding hydrogens is 318 g/mol. The van der Waals surface area contributed by atoms with Gasteiger partial charge in [0.1, 0.15) is 5.75 Å². The molecule has 0 saturated carbocycles. The summed E-state index contributed by atoms with van der Waals surface area (Å²) in [5, 5.41) is 9.93. The number of anilines is 2. The van der Waals surface area contributed by atoms with E-state index in [2.05, 4.69) is 41.8 Å². The summed E-state index contributed by atoms with van der Waals surface area (Å²) in [5.41, 5.74) is 2.18. The van der Waals surface area contributed by atoms with E-state index in [-0.39, 0.29) is 0 Å². The Kier molecular flexibility index (Phi) is 8.05. The fourth-order valence-corrected chi connectivity index (χ4v) is 3.07. The first-order valence-electron chi connectivity index (χ1n) is 8.89. The number of aromatic nitrogens is 1. The molecule has 1 unspecified atom stereocenters. The van der Waals surface area contributed by atoms with Crippen molar-refractivity contribution < 1.29 is 4.74 Å². The van der Waals surface area contributed by atoms with Gasteiger partial charge < -0.3 is 15.4 Å². The first-order chi connectivity index (χ1) is 11.7. The van der Waals surface area contributed by atoms with Gasteiger partial charge in [-0.3, -0.25) is 0 Å². The average molecular weight is 348 g/mol. The Morgan fingerprint density at radius 2 is 1.96 bits per heavy atom. The van der Waals surface area contributed by atoms with Crippen molar-refractivity contribution >= 4 is 22.2 Å². The molecule has 1 atom stereocenters. The van der Waals surface area contributed by atoms with Gasteiger partial charge in [0.25, 0.3) is 0 Å². The first kappa shape index (κ1) is 18.7. The van der Waals surface area contributed by atoms with Gasteiger partial charge in [0.15, 0.2) is 5.13 Å². The van der Waals surface area contributed by atoms with Gasteiger partial charge in [0.2, 0.25) is 0 Å². The fraction of sp³-hybridized carbons (Fsp3) is 0.526. The molecule has 0 amide bonds. The van der Waals surface area contributed by atoms with Crippen LogP contribution in [0.2, 0.25) is 0 Å². The predicted octanol–water partition coefficient (Wildman–Crippen LogP) is 5.00. The molecule has 2 rings (SSSR count). The van der Waals surface area contributed by atoms with Crippen molar-refractivity contribution in [1.82, 2.24) is 10.3 Å². The van der Waals surface area contributed by atoms with Crippen molar-refractivity contribution in [3.63, 3.8) is 0 Å². The highest BCUT2D eigenvalue weighted by Gasteiger charge is 2.07. The number of rotatable bonds is 11. The lowest BCUT2D eigenvalue weighted by Gasteiger charge is -2.11. The number of hydrogen-bond acceptors (Lipinski definition) is 5. The summed E-state index contributed by atoms with van der Waals surface area (Å²) in [6.07, 6.45) is 4.36. The Morgan fingerprint density at radius 3 is 2.67 bits per heavy atom. The van der Waals surface area contributed by atoms with Crippen LogP contribution in [0.15, 0.2) is 29.6 Å². The van der Waals surface area contributed by atoms with E-state index in [1.807, 2.05) is 24.3 Å². The second-order valence-electron chi connectivity index (χ2n) is 6.05. The molecule has 0 radical (unpaired) electrons. The SMILES string of the molecule is CCCCOc1ccc(Nc2nc(CC(C)NCCC)cs2)cc1. The third-order valence-corrected chi connectivity index (χ3v) is 4.49. The van der Waals surface area contributed by atoms with Crippen LogP contribution in [0.4, 0.5) is 10.8 Å². The Morgan fingerprint density at radius 1 is 1.17 bits per heavy atom. The van der Waals surface area contributed by atoms with Gasteiger partial charge in [0, 0.05) is 23.5 Å². The maximum atomic E-state index is 5.68. The van der Waals surface area contributed by atoms with E-state index < -0.39 is 0 Å². The third kappa shape index (κ3) is 6.49. The van der Waals surface area contributed by atoms with Crippen LogP contribution in [-0.2, 0) is 6.42 Å². The normalized spacial score (nSPS) is 12.1. The molecule has 24 heavy (non-hydrogen) atoms. The number of unbranched alkanes of at least 4 members (excludes halogenated alkanes) is 1. The van der Waals surface area contributed by atoms with Gasteiger partial charge >= 0.3 is 0 Å². The summed E-state index contributed by atoms with van der Waals surface area (Å²) in [6, 6.07) is 8.54. The molecule has 0 fully saturated rings. The van der Waals surface area contributed by atoms with Crippen LogP contribution >= 0.6 is 11.3 Å². The van der Waals surface area contributed by atoms with Crippen molar-refractivity contribution in [3.8, 4) is 5.75 Å². The van der Waals surface area contributed by atoms with Gasteiger partial charge in [0.05, 0.1) is 12.3 Å². The Labute approximate surface area is 149 Å². The highest BCUT2D eigenvalue weighted by atomic mass is 32.1. The predicted molar refractivity (Wildman–Crippen MR) is 104 cm³/mol. The second-order valence-corrected chi connectivity index (χ2v) is 6.91. The number of benzene rings is 1. The molecule has 5 heteroatoms. The number of nitrogens with zero attached hydrogens (tertiary/aromatic N) is 1. The smallest absolute Gasteiger partial charge is 0.187 e. The van der Waals surface area contributed by atoms with E-state index >= 15 is 0 Å². The second kappa shape index (κ2) is 10.3. The Balaban J connectivity index is 1.83. The summed E-state index contributed by atoms with van der Waals surface area (Å²) in [5.74, 6) is 0.921. The van der Waals surface area contributed by atoms with E-state index in [9.17, 15) is 0 Å². The molecule has 0 aliphatic heterocycles. The maximum Gasteiger partial charge on any atom is 0.187 e. The van der Waals surface area contributed by atoms with Crippen molar-refractivity contribution in [1.29, 1.82) is 0 Å². The quantitative estimate of drug-likeness (QED) is 0.562. The zero-order valence-corrected chi connectivity index (χ0v) is 15.8. The van der Waals surface area contributed by atoms with Crippen LogP contribution in [0.25, 0.3) is 0 Å². The number of thiazole rings is 1. The monoisotopic (exact) mass is 347 g/mol. The molecule has 0 bridgehead atoms. The Bertz CT molecular complexity index is 583. The van der Waals surface area contributed by atoms with Gasteiger partial charge in [-0.25, -0.2) is 4.98 Å². The van der Waals surface area contributed by atoms with E-state index in [4.69, 9.17) is 4.74 Å². The Hall–Kier alpha value is -1.59. The minimum atomic E-state index is 0.458. The lowest BCUT2D eigenvalue weighted by atomic mass is 10.2. The lowest BCUT2D eigenvalue weighted by molar-refractivity contribution is 0.309. The largest absolute Gasteiger partial charge is 0.494 e. The molecule has 0 saturated heterocycles. The summed E-state index contributed by atoms with van der Waals surface area (Å²) in [6.45, 7) is 8.40. The molecule has 1 aromatic carbocycles. The van der Waals surface area contributed by atoms with Crippen molar-refractivity contribution in [2.24, 2.45) is 0 Å².